The van der Waals surface area contributed by atoms with E-state index in [0.717, 1.165) is 16.7 Å². The summed E-state index contributed by atoms with van der Waals surface area (Å²) in [6, 6.07) is 36.7. The molecule has 0 fully saturated rings. The van der Waals surface area contributed by atoms with Gasteiger partial charge in [0, 0.05) is 5.56 Å². The van der Waals surface area contributed by atoms with Crippen LogP contribution in [-0.2, 0) is 0 Å². The number of fused-ring (bicyclic) bond motifs is 5. The smallest absolute Gasteiger partial charge is 0.657 e. The molecule has 0 amide bonds. The van der Waals surface area contributed by atoms with Gasteiger partial charge in [0.25, 0.3) is 0 Å². The van der Waals surface area contributed by atoms with Gasteiger partial charge in [-0.3, -0.25) is 0 Å². The molecule has 0 aliphatic rings. The quantitative estimate of drug-likeness (QED) is 0.263. The Morgan fingerprint density at radius 1 is 0.576 bits per heavy atom. The second-order valence-corrected chi connectivity index (χ2v) is 9.74. The molecular formula is C28H21KN2P2. The van der Waals surface area contributed by atoms with Crippen LogP contribution in [0.1, 0.15) is 0 Å². The van der Waals surface area contributed by atoms with Crippen LogP contribution in [0, 0.1) is 0 Å². The summed E-state index contributed by atoms with van der Waals surface area (Å²) in [5, 5.41) is 4.95. The Labute approximate surface area is 240 Å². The van der Waals surface area contributed by atoms with E-state index in [1.165, 1.54) is 43.8 Å². The SMILES string of the molecule is PN(P)c1ccccc1-c1cccc(-c2ccc3[n-]c4ccc5ccccc5c4c3c2)c1.[K+]. The summed E-state index contributed by atoms with van der Waals surface area (Å²) in [5.74, 6) is 0. The van der Waals surface area contributed by atoms with Gasteiger partial charge in [0.05, 0.1) is 5.69 Å². The van der Waals surface area contributed by atoms with E-state index in [-0.39, 0.29) is 51.4 Å². The predicted molar refractivity (Wildman–Crippen MR) is 145 cm³/mol. The van der Waals surface area contributed by atoms with Gasteiger partial charge in [-0.1, -0.05) is 84.9 Å². The second-order valence-electron chi connectivity index (χ2n) is 8.03. The summed E-state index contributed by atoms with van der Waals surface area (Å²) in [6.45, 7) is 0. The predicted octanol–water partition coefficient (Wildman–Crippen LogP) is 4.83. The molecule has 6 aromatic rings. The Bertz CT molecular complexity index is 1620. The van der Waals surface area contributed by atoms with Crippen molar-refractivity contribution in [3.63, 3.8) is 0 Å². The van der Waals surface area contributed by atoms with Crippen LogP contribution in [0.3, 0.4) is 0 Å². The molecule has 0 radical (unpaired) electrons. The number of nitrogens with zero attached hydrogens (tertiary/aromatic N) is 2. The molecule has 0 N–H and O–H groups in total. The van der Waals surface area contributed by atoms with E-state index in [4.69, 9.17) is 4.98 Å². The summed E-state index contributed by atoms with van der Waals surface area (Å²) >= 11 is 0. The van der Waals surface area contributed by atoms with Crippen molar-refractivity contribution in [3.05, 3.63) is 103 Å². The van der Waals surface area contributed by atoms with Crippen LogP contribution in [0.5, 0.6) is 0 Å². The zero-order chi connectivity index (χ0) is 21.7. The van der Waals surface area contributed by atoms with Gasteiger partial charge in [0.1, 0.15) is 0 Å². The first-order valence-corrected chi connectivity index (χ1v) is 11.6. The molecule has 2 unspecified atom stereocenters. The minimum atomic E-state index is 0. The van der Waals surface area contributed by atoms with E-state index >= 15 is 0 Å². The van der Waals surface area contributed by atoms with E-state index in [0.29, 0.717) is 0 Å². The molecule has 0 saturated carbocycles. The van der Waals surface area contributed by atoms with Gasteiger partial charge in [0.15, 0.2) is 0 Å². The van der Waals surface area contributed by atoms with Gasteiger partial charge in [0.2, 0.25) is 0 Å². The minimum absolute atomic E-state index is 0. The molecule has 5 heteroatoms. The Kier molecular flexibility index (Phi) is 6.75. The topological polar surface area (TPSA) is 17.3 Å². The van der Waals surface area contributed by atoms with Crippen LogP contribution < -0.4 is 60.8 Å². The van der Waals surface area contributed by atoms with Crippen molar-refractivity contribution in [1.29, 1.82) is 0 Å². The van der Waals surface area contributed by atoms with Crippen molar-refractivity contribution in [3.8, 4) is 22.3 Å². The first-order valence-electron chi connectivity index (χ1n) is 10.6. The molecule has 0 aliphatic carbocycles. The molecule has 2 nitrogen and oxygen atoms in total. The molecule has 0 bridgehead atoms. The van der Waals surface area contributed by atoms with E-state index in [1.54, 1.807) is 0 Å². The molecule has 5 aromatic carbocycles. The average Bonchev–Trinajstić information content (AvgIpc) is 3.22. The van der Waals surface area contributed by atoms with E-state index in [9.17, 15) is 0 Å². The Balaban J connectivity index is 0.00000228. The maximum atomic E-state index is 4.89. The van der Waals surface area contributed by atoms with Crippen LogP contribution in [0.2, 0.25) is 0 Å². The molecule has 1 heterocycles. The van der Waals surface area contributed by atoms with Crippen molar-refractivity contribution in [1.82, 2.24) is 4.98 Å². The normalized spacial score (nSPS) is 11.1. The molecule has 0 spiro atoms. The third kappa shape index (κ3) is 4.22. The fourth-order valence-electron chi connectivity index (χ4n) is 4.59. The van der Waals surface area contributed by atoms with Crippen LogP contribution in [0.25, 0.3) is 54.8 Å². The largest absolute Gasteiger partial charge is 1.00 e. The number of rotatable bonds is 3. The van der Waals surface area contributed by atoms with Gasteiger partial charge < -0.3 is 9.42 Å². The Morgan fingerprint density at radius 2 is 1.30 bits per heavy atom. The number of anilines is 1. The molecule has 6 rings (SSSR count). The second kappa shape index (κ2) is 9.60. The Hall–Kier alpha value is -1.54. The molecule has 0 saturated heterocycles. The summed E-state index contributed by atoms with van der Waals surface area (Å²) in [5.41, 5.74) is 8.05. The molecular weight excluding hydrogens is 465 g/mol. The number of para-hydroxylation sites is 1. The van der Waals surface area contributed by atoms with E-state index < -0.39 is 0 Å². The number of benzene rings is 5. The van der Waals surface area contributed by atoms with Gasteiger partial charge in [-0.05, 0) is 75.2 Å². The summed E-state index contributed by atoms with van der Waals surface area (Å²) in [4.78, 5) is 4.89. The zero-order valence-corrected chi connectivity index (χ0v) is 23.8. The van der Waals surface area contributed by atoms with Crippen LogP contribution in [0.15, 0.2) is 103 Å². The molecule has 33 heavy (non-hydrogen) atoms. The summed E-state index contributed by atoms with van der Waals surface area (Å²) < 4.78 is 2.00. The fraction of sp³-hybridized carbons (Fsp3) is 0. The molecule has 2 atom stereocenters. The van der Waals surface area contributed by atoms with Crippen molar-refractivity contribution >= 4 is 57.0 Å². The molecule has 154 valence electrons. The van der Waals surface area contributed by atoms with Crippen LogP contribution in [-0.4, -0.2) is 0 Å². The summed E-state index contributed by atoms with van der Waals surface area (Å²) in [6.07, 6.45) is 0. The maximum Gasteiger partial charge on any atom is 1.00 e. The summed E-state index contributed by atoms with van der Waals surface area (Å²) in [7, 11) is 5.44. The fourth-order valence-corrected chi connectivity index (χ4v) is 5.04. The van der Waals surface area contributed by atoms with Gasteiger partial charge in [-0.25, -0.2) is 0 Å². The van der Waals surface area contributed by atoms with Crippen molar-refractivity contribution in [2.24, 2.45) is 0 Å². The van der Waals surface area contributed by atoms with Crippen molar-refractivity contribution in [2.75, 3.05) is 4.44 Å². The molecule has 0 aliphatic heterocycles. The third-order valence-electron chi connectivity index (χ3n) is 6.10. The monoisotopic (exact) mass is 486 g/mol. The number of aromatic nitrogens is 1. The molecule has 1 aromatic heterocycles. The van der Waals surface area contributed by atoms with Crippen LogP contribution >= 0.6 is 18.8 Å². The standard InChI is InChI=1S/C28H21N2P2.K/c31-30(32)27-11-4-3-9-22(27)21-8-5-7-19(16-21)20-13-14-25-24(17-20)28-23-10-2-1-6-18(23)12-15-26(28)29-25;/h1-17H,31-32H2;/q-1;+1. The van der Waals surface area contributed by atoms with Crippen molar-refractivity contribution < 1.29 is 51.4 Å². The zero-order valence-electron chi connectivity index (χ0n) is 18.4. The van der Waals surface area contributed by atoms with Gasteiger partial charge in [-0.2, -0.15) is 0 Å². The number of hydrogen-bond donors (Lipinski definition) is 0. The first-order chi connectivity index (χ1) is 15.7. The number of hydrogen-bond acceptors (Lipinski definition) is 1. The maximum absolute atomic E-state index is 4.89. The first kappa shape index (κ1) is 23.2. The Morgan fingerprint density at radius 3 is 2.18 bits per heavy atom. The third-order valence-corrected chi connectivity index (χ3v) is 6.66. The van der Waals surface area contributed by atoms with E-state index in [1.807, 2.05) is 4.44 Å². The minimum Gasteiger partial charge on any atom is -0.657 e. The van der Waals surface area contributed by atoms with Gasteiger partial charge in [-0.15, -0.1) is 11.0 Å². The van der Waals surface area contributed by atoms with Gasteiger partial charge >= 0.3 is 51.4 Å². The van der Waals surface area contributed by atoms with Crippen molar-refractivity contribution in [2.45, 2.75) is 0 Å². The van der Waals surface area contributed by atoms with Crippen LogP contribution in [0.4, 0.5) is 5.69 Å². The average molecular weight is 487 g/mol. The van der Waals surface area contributed by atoms with E-state index in [2.05, 4.69) is 122 Å².